The first kappa shape index (κ1) is 19.9. The van der Waals surface area contributed by atoms with Gasteiger partial charge in [-0.15, -0.1) is 0 Å². The highest BCUT2D eigenvalue weighted by atomic mass is 32.2. The molecule has 0 bridgehead atoms. The minimum Gasteiger partial charge on any atom is -0.339 e. The molecule has 0 saturated carbocycles. The van der Waals surface area contributed by atoms with Gasteiger partial charge in [-0.25, -0.2) is 8.42 Å². The summed E-state index contributed by atoms with van der Waals surface area (Å²) >= 11 is 0. The zero-order chi connectivity index (χ0) is 19.7. The molecular weight excluding hydrogens is 374 g/mol. The molecule has 0 spiro atoms. The van der Waals surface area contributed by atoms with Crippen LogP contribution in [-0.2, 0) is 27.7 Å². The Bertz CT molecular complexity index is 831. The molecule has 28 heavy (non-hydrogen) atoms. The van der Waals surface area contributed by atoms with Gasteiger partial charge in [-0.2, -0.15) is 4.31 Å². The van der Waals surface area contributed by atoms with E-state index in [0.29, 0.717) is 43.5 Å². The summed E-state index contributed by atoms with van der Waals surface area (Å²) in [5.74, 6) is 0.777. The van der Waals surface area contributed by atoms with Crippen LogP contribution in [0.25, 0.3) is 0 Å². The van der Waals surface area contributed by atoms with Crippen molar-refractivity contribution in [1.29, 1.82) is 0 Å². The number of likely N-dealkylation sites (tertiary alicyclic amines) is 1. The van der Waals surface area contributed by atoms with Gasteiger partial charge in [-0.1, -0.05) is 13.0 Å². The second-order valence-electron chi connectivity index (χ2n) is 8.55. The van der Waals surface area contributed by atoms with Gasteiger partial charge in [0.2, 0.25) is 15.9 Å². The van der Waals surface area contributed by atoms with Crippen molar-refractivity contribution in [3.05, 3.63) is 29.3 Å². The highest BCUT2D eigenvalue weighted by Crippen LogP contribution is 2.26. The molecule has 6 nitrogen and oxygen atoms in total. The van der Waals surface area contributed by atoms with E-state index >= 15 is 0 Å². The quantitative estimate of drug-likeness (QED) is 0.766. The van der Waals surface area contributed by atoms with Crippen LogP contribution in [0.3, 0.4) is 0 Å². The number of carbonyl (C=O) groups is 1. The standard InChI is InChI=1S/C21H31N3O3S/c1-17-4-3-9-22(15-17)16-21(25)23-10-12-24(13-11-23)28(26,27)20-8-7-18-5-2-6-19(18)14-20/h7-8,14,17H,2-6,9-13,15-16H2,1H3/t17-/m1/s1. The van der Waals surface area contributed by atoms with Crippen molar-refractivity contribution in [3.8, 4) is 0 Å². The highest BCUT2D eigenvalue weighted by Gasteiger charge is 2.31. The van der Waals surface area contributed by atoms with Crippen LogP contribution in [0.1, 0.15) is 37.3 Å². The Hall–Kier alpha value is -1.44. The molecule has 0 aromatic heterocycles. The number of carbonyl (C=O) groups excluding carboxylic acids is 1. The largest absolute Gasteiger partial charge is 0.339 e. The van der Waals surface area contributed by atoms with Crippen LogP contribution < -0.4 is 0 Å². The molecule has 4 rings (SSSR count). The fourth-order valence-corrected chi connectivity index (χ4v) is 6.23. The van der Waals surface area contributed by atoms with Crippen LogP contribution in [0.5, 0.6) is 0 Å². The molecule has 2 heterocycles. The SMILES string of the molecule is C[C@@H]1CCCN(CC(=O)N2CCN(S(=O)(=O)c3ccc4c(c3)CCC4)CC2)C1. The van der Waals surface area contributed by atoms with Crippen LogP contribution in [0, 0.1) is 5.92 Å². The zero-order valence-electron chi connectivity index (χ0n) is 16.8. The molecule has 7 heteroatoms. The Morgan fingerprint density at radius 3 is 2.54 bits per heavy atom. The molecule has 0 unspecified atom stereocenters. The molecule has 0 radical (unpaired) electrons. The summed E-state index contributed by atoms with van der Waals surface area (Å²) in [7, 11) is -3.48. The molecule has 1 aliphatic carbocycles. The Balaban J connectivity index is 1.35. The maximum Gasteiger partial charge on any atom is 0.243 e. The van der Waals surface area contributed by atoms with Crippen LogP contribution in [0.2, 0.25) is 0 Å². The van der Waals surface area contributed by atoms with Crippen molar-refractivity contribution < 1.29 is 13.2 Å². The fourth-order valence-electron chi connectivity index (χ4n) is 4.76. The number of fused-ring (bicyclic) bond motifs is 1. The second kappa shape index (κ2) is 8.13. The molecule has 1 amide bonds. The highest BCUT2D eigenvalue weighted by molar-refractivity contribution is 7.89. The average Bonchev–Trinajstić information content (AvgIpc) is 3.16. The van der Waals surface area contributed by atoms with E-state index in [0.717, 1.165) is 38.8 Å². The van der Waals surface area contributed by atoms with Crippen molar-refractivity contribution in [2.24, 2.45) is 5.92 Å². The summed E-state index contributed by atoms with van der Waals surface area (Å²) in [5, 5.41) is 0. The summed E-state index contributed by atoms with van der Waals surface area (Å²) in [5.41, 5.74) is 2.45. The van der Waals surface area contributed by atoms with Gasteiger partial charge in [0.15, 0.2) is 0 Å². The van der Waals surface area contributed by atoms with E-state index in [2.05, 4.69) is 11.8 Å². The van der Waals surface area contributed by atoms with E-state index < -0.39 is 10.0 Å². The minimum atomic E-state index is -3.48. The lowest BCUT2D eigenvalue weighted by Gasteiger charge is -2.36. The third kappa shape index (κ3) is 4.11. The smallest absolute Gasteiger partial charge is 0.243 e. The molecule has 1 aromatic carbocycles. The van der Waals surface area contributed by atoms with Crippen molar-refractivity contribution in [2.75, 3.05) is 45.8 Å². The maximum atomic E-state index is 13.0. The van der Waals surface area contributed by atoms with E-state index in [9.17, 15) is 13.2 Å². The summed E-state index contributed by atoms with van der Waals surface area (Å²) in [4.78, 5) is 17.1. The second-order valence-corrected chi connectivity index (χ2v) is 10.5. The monoisotopic (exact) mass is 405 g/mol. The van der Waals surface area contributed by atoms with Crippen molar-refractivity contribution in [3.63, 3.8) is 0 Å². The molecule has 2 aliphatic heterocycles. The number of piperidine rings is 1. The molecule has 1 atom stereocenters. The Morgan fingerprint density at radius 2 is 1.79 bits per heavy atom. The van der Waals surface area contributed by atoms with Crippen LogP contribution in [0.15, 0.2) is 23.1 Å². The average molecular weight is 406 g/mol. The lowest BCUT2D eigenvalue weighted by Crippen LogP contribution is -2.53. The number of piperazine rings is 1. The number of hydrogen-bond donors (Lipinski definition) is 0. The van der Waals surface area contributed by atoms with Crippen molar-refractivity contribution in [1.82, 2.24) is 14.1 Å². The summed E-state index contributed by atoms with van der Waals surface area (Å²) in [6.07, 6.45) is 5.52. The number of nitrogens with zero attached hydrogens (tertiary/aromatic N) is 3. The predicted molar refractivity (Wildman–Crippen MR) is 109 cm³/mol. The van der Waals surface area contributed by atoms with Gasteiger partial charge in [-0.05, 0) is 67.8 Å². The third-order valence-corrected chi connectivity index (χ3v) is 8.29. The molecular formula is C21H31N3O3S. The van der Waals surface area contributed by atoms with Gasteiger partial charge in [0, 0.05) is 32.7 Å². The van der Waals surface area contributed by atoms with E-state index in [1.807, 2.05) is 17.0 Å². The Labute approximate surface area is 168 Å². The fraction of sp³-hybridized carbons (Fsp3) is 0.667. The zero-order valence-corrected chi connectivity index (χ0v) is 17.6. The molecule has 0 N–H and O–H groups in total. The number of rotatable bonds is 4. The Kier molecular flexibility index (Phi) is 5.76. The number of benzene rings is 1. The lowest BCUT2D eigenvalue weighted by molar-refractivity contribution is -0.134. The maximum absolute atomic E-state index is 13.0. The van der Waals surface area contributed by atoms with Gasteiger partial charge in [0.1, 0.15) is 0 Å². The number of aryl methyl sites for hydroxylation is 2. The van der Waals surface area contributed by atoms with Gasteiger partial charge in [-0.3, -0.25) is 9.69 Å². The minimum absolute atomic E-state index is 0.128. The van der Waals surface area contributed by atoms with Crippen molar-refractivity contribution in [2.45, 2.75) is 43.9 Å². The summed E-state index contributed by atoms with van der Waals surface area (Å²) in [6, 6.07) is 5.57. The first-order valence-electron chi connectivity index (χ1n) is 10.6. The van der Waals surface area contributed by atoms with Gasteiger partial charge in [0.25, 0.3) is 0 Å². The molecule has 154 valence electrons. The predicted octanol–water partition coefficient (Wildman–Crippen LogP) is 1.74. The molecule has 1 aromatic rings. The molecule has 3 aliphatic rings. The lowest BCUT2D eigenvalue weighted by atomic mass is 10.0. The van der Waals surface area contributed by atoms with E-state index in [1.165, 1.54) is 21.9 Å². The van der Waals surface area contributed by atoms with E-state index in [4.69, 9.17) is 0 Å². The number of amides is 1. The van der Waals surface area contributed by atoms with E-state index in [-0.39, 0.29) is 5.91 Å². The first-order valence-corrected chi connectivity index (χ1v) is 12.0. The number of hydrogen-bond acceptors (Lipinski definition) is 4. The summed E-state index contributed by atoms with van der Waals surface area (Å²) < 4.78 is 27.6. The normalized spacial score (nSPS) is 24.3. The molecule has 2 saturated heterocycles. The van der Waals surface area contributed by atoms with Gasteiger partial charge >= 0.3 is 0 Å². The van der Waals surface area contributed by atoms with E-state index in [1.54, 1.807) is 6.07 Å². The molecule has 2 fully saturated rings. The van der Waals surface area contributed by atoms with Crippen LogP contribution in [-0.4, -0.2) is 74.2 Å². The van der Waals surface area contributed by atoms with Crippen LogP contribution in [0.4, 0.5) is 0 Å². The Morgan fingerprint density at radius 1 is 1.04 bits per heavy atom. The first-order chi connectivity index (χ1) is 13.4. The number of sulfonamides is 1. The summed E-state index contributed by atoms with van der Waals surface area (Å²) in [6.45, 7) is 6.38. The van der Waals surface area contributed by atoms with Gasteiger partial charge < -0.3 is 4.90 Å². The topological polar surface area (TPSA) is 60.9 Å². The third-order valence-electron chi connectivity index (χ3n) is 6.40. The van der Waals surface area contributed by atoms with Gasteiger partial charge in [0.05, 0.1) is 11.4 Å². The van der Waals surface area contributed by atoms with Crippen molar-refractivity contribution >= 4 is 15.9 Å². The van der Waals surface area contributed by atoms with Crippen LogP contribution >= 0.6 is 0 Å².